The standard InChI is InChI=1S/C6H14ClO2PSe/c1-3-5-8-10(7,11)9-6-4-2/h3-6H2,1-2H3. The zero-order valence-corrected chi connectivity index (χ0v) is 10.2. The number of hydrogen-bond donors (Lipinski definition) is 0. The second kappa shape index (κ2) is 6.65. The molecule has 0 unspecified atom stereocenters. The molecule has 0 aromatic heterocycles. The second-order valence-corrected chi connectivity index (χ2v) is 9.20. The summed E-state index contributed by atoms with van der Waals surface area (Å²) in [5, 5.41) is -2.13. The molecule has 68 valence electrons. The van der Waals surface area contributed by atoms with Gasteiger partial charge in [-0.2, -0.15) is 0 Å². The fraction of sp³-hybridized carbons (Fsp3) is 1.00. The molecule has 0 aliphatic heterocycles. The average Bonchev–Trinajstić information content (AvgIpc) is 1.97. The molecule has 0 saturated carbocycles. The minimum atomic E-state index is -2.13. The Morgan fingerprint density at radius 3 is 1.82 bits per heavy atom. The van der Waals surface area contributed by atoms with Gasteiger partial charge in [0.1, 0.15) is 0 Å². The first-order valence-corrected chi connectivity index (χ1v) is 8.45. The fourth-order valence-electron chi connectivity index (χ4n) is 0.438. The van der Waals surface area contributed by atoms with Gasteiger partial charge in [0.25, 0.3) is 0 Å². The molecule has 0 bridgehead atoms. The van der Waals surface area contributed by atoms with E-state index in [0.717, 1.165) is 12.8 Å². The molecule has 0 spiro atoms. The second-order valence-electron chi connectivity index (χ2n) is 2.10. The van der Waals surface area contributed by atoms with E-state index in [1.807, 2.05) is 13.8 Å². The molecule has 0 atom stereocenters. The molecule has 0 aliphatic rings. The van der Waals surface area contributed by atoms with Crippen molar-refractivity contribution in [1.29, 1.82) is 0 Å². The quantitative estimate of drug-likeness (QED) is 0.542. The van der Waals surface area contributed by atoms with E-state index in [9.17, 15) is 0 Å². The van der Waals surface area contributed by atoms with E-state index in [2.05, 4.69) is 15.1 Å². The molecule has 0 aromatic rings. The van der Waals surface area contributed by atoms with Crippen molar-refractivity contribution in [3.63, 3.8) is 0 Å². The van der Waals surface area contributed by atoms with Crippen molar-refractivity contribution in [3.8, 4) is 0 Å². The predicted molar refractivity (Wildman–Crippen MR) is 51.0 cm³/mol. The van der Waals surface area contributed by atoms with Gasteiger partial charge in [0, 0.05) is 0 Å². The van der Waals surface area contributed by atoms with Gasteiger partial charge < -0.3 is 0 Å². The fourth-order valence-corrected chi connectivity index (χ4v) is 2.67. The van der Waals surface area contributed by atoms with Gasteiger partial charge in [-0.05, 0) is 0 Å². The first-order chi connectivity index (χ1) is 5.12. The van der Waals surface area contributed by atoms with Crippen LogP contribution in [-0.2, 0) is 9.05 Å². The van der Waals surface area contributed by atoms with Crippen LogP contribution in [0.15, 0.2) is 0 Å². The van der Waals surface area contributed by atoms with Crippen molar-refractivity contribution in [2.45, 2.75) is 26.7 Å². The summed E-state index contributed by atoms with van der Waals surface area (Å²) in [6.07, 6.45) is 1.93. The monoisotopic (exact) mass is 264 g/mol. The molecule has 0 rings (SSSR count). The molecule has 0 amide bonds. The molecule has 2 nitrogen and oxygen atoms in total. The van der Waals surface area contributed by atoms with Crippen LogP contribution in [0.1, 0.15) is 26.7 Å². The Morgan fingerprint density at radius 2 is 1.55 bits per heavy atom. The van der Waals surface area contributed by atoms with Crippen LogP contribution in [0.2, 0.25) is 0 Å². The summed E-state index contributed by atoms with van der Waals surface area (Å²) in [6, 6.07) is 0. The first kappa shape index (κ1) is 12.2. The van der Waals surface area contributed by atoms with Gasteiger partial charge in [0.05, 0.1) is 0 Å². The molecule has 0 N–H and O–H groups in total. The Balaban J connectivity index is 3.53. The van der Waals surface area contributed by atoms with Gasteiger partial charge >= 0.3 is 80.6 Å². The normalized spacial score (nSPS) is 11.9. The molecule has 0 fully saturated rings. The SMILES string of the molecule is CCCOP(Cl)(=[Se])OCCC. The van der Waals surface area contributed by atoms with E-state index in [-0.39, 0.29) is 0 Å². The summed E-state index contributed by atoms with van der Waals surface area (Å²) >= 11 is 8.66. The van der Waals surface area contributed by atoms with Crippen LogP contribution < -0.4 is 0 Å². The number of halogens is 1. The van der Waals surface area contributed by atoms with E-state index in [1.165, 1.54) is 0 Å². The van der Waals surface area contributed by atoms with Gasteiger partial charge in [-0.3, -0.25) is 0 Å². The van der Waals surface area contributed by atoms with Gasteiger partial charge in [0.15, 0.2) is 0 Å². The van der Waals surface area contributed by atoms with Gasteiger partial charge in [-0.25, -0.2) is 0 Å². The van der Waals surface area contributed by atoms with Crippen LogP contribution in [-0.4, -0.2) is 28.3 Å². The van der Waals surface area contributed by atoms with Gasteiger partial charge in [-0.15, -0.1) is 0 Å². The molecule has 0 radical (unpaired) electrons. The molecule has 0 aliphatic carbocycles. The van der Waals surface area contributed by atoms with E-state index >= 15 is 0 Å². The van der Waals surface area contributed by atoms with Gasteiger partial charge in [-0.1, -0.05) is 0 Å². The Bertz CT molecular complexity index is 131. The molecule has 11 heavy (non-hydrogen) atoms. The molecule has 5 heteroatoms. The molecule has 0 aromatic carbocycles. The van der Waals surface area contributed by atoms with Crippen LogP contribution in [0.3, 0.4) is 0 Å². The maximum atomic E-state index is 5.90. The summed E-state index contributed by atoms with van der Waals surface area (Å²) in [7, 11) is 0. The van der Waals surface area contributed by atoms with E-state index in [0.29, 0.717) is 13.2 Å². The minimum absolute atomic E-state index is 0.661. The van der Waals surface area contributed by atoms with E-state index in [4.69, 9.17) is 20.3 Å². The molecule has 0 heterocycles. The molecular weight excluding hydrogens is 249 g/mol. The predicted octanol–water partition coefficient (Wildman–Crippen LogP) is 2.92. The van der Waals surface area contributed by atoms with Crippen LogP contribution in [0.5, 0.6) is 0 Å². The van der Waals surface area contributed by atoms with Crippen molar-refractivity contribution in [3.05, 3.63) is 0 Å². The number of rotatable bonds is 6. The Hall–Kier alpha value is 1.16. The first-order valence-electron chi connectivity index (χ1n) is 3.71. The molecular formula is C6H14ClO2PSe. The van der Waals surface area contributed by atoms with Crippen LogP contribution in [0.25, 0.3) is 0 Å². The zero-order valence-electron chi connectivity index (χ0n) is 6.88. The zero-order chi connectivity index (χ0) is 8.74. The summed E-state index contributed by atoms with van der Waals surface area (Å²) in [5.74, 6) is 0. The van der Waals surface area contributed by atoms with Gasteiger partial charge in [0.2, 0.25) is 0 Å². The number of hydrogen-bond acceptors (Lipinski definition) is 2. The average molecular weight is 264 g/mol. The van der Waals surface area contributed by atoms with Crippen LogP contribution >= 0.6 is 16.6 Å². The summed E-state index contributed by atoms with van der Waals surface area (Å²) in [4.78, 5) is 0. The Kier molecular flexibility index (Phi) is 7.35. The summed E-state index contributed by atoms with van der Waals surface area (Å²) in [6.45, 7) is 5.40. The van der Waals surface area contributed by atoms with E-state index < -0.39 is 5.32 Å². The van der Waals surface area contributed by atoms with Crippen molar-refractivity contribution in [1.82, 2.24) is 0 Å². The van der Waals surface area contributed by atoms with E-state index in [1.54, 1.807) is 0 Å². The molecule has 0 saturated heterocycles. The van der Waals surface area contributed by atoms with Crippen molar-refractivity contribution >= 4 is 31.7 Å². The van der Waals surface area contributed by atoms with Crippen LogP contribution in [0.4, 0.5) is 0 Å². The third kappa shape index (κ3) is 7.52. The Labute approximate surface area is 80.8 Å². The van der Waals surface area contributed by atoms with Crippen molar-refractivity contribution in [2.24, 2.45) is 0 Å². The maximum absolute atomic E-state index is 5.90. The van der Waals surface area contributed by atoms with Crippen molar-refractivity contribution < 1.29 is 9.05 Å². The van der Waals surface area contributed by atoms with Crippen molar-refractivity contribution in [2.75, 3.05) is 13.2 Å². The third-order valence-corrected chi connectivity index (χ3v) is 3.79. The topological polar surface area (TPSA) is 18.5 Å². The van der Waals surface area contributed by atoms with Crippen LogP contribution in [0, 0.1) is 0 Å². The Morgan fingerprint density at radius 1 is 1.18 bits per heavy atom. The third-order valence-electron chi connectivity index (χ3n) is 0.899. The summed E-state index contributed by atoms with van der Waals surface area (Å²) in [5.41, 5.74) is 0. The summed E-state index contributed by atoms with van der Waals surface area (Å²) < 4.78 is 10.6.